The second-order valence-electron chi connectivity index (χ2n) is 14.2. The normalized spacial score (nSPS) is 16.5. The maximum atomic E-state index is 13.4. The fraction of sp³-hybridized carbons (Fsp3) is 0.366. The van der Waals surface area contributed by atoms with E-state index in [2.05, 4.69) is 74.2 Å². The van der Waals surface area contributed by atoms with Crippen molar-refractivity contribution in [2.75, 3.05) is 13.7 Å². The lowest BCUT2D eigenvalue weighted by molar-refractivity contribution is -0.147. The molecule has 5 aromatic rings. The summed E-state index contributed by atoms with van der Waals surface area (Å²) in [6, 6.07) is 25.6. The van der Waals surface area contributed by atoms with E-state index in [4.69, 9.17) is 38.9 Å². The zero-order chi connectivity index (χ0) is 41.3. The van der Waals surface area contributed by atoms with Gasteiger partial charge in [-0.25, -0.2) is 4.79 Å². The first-order valence-corrected chi connectivity index (χ1v) is 21.7. The molecular formula is C41H46ClN7O7S2. The number of benzene rings is 3. The maximum Gasteiger partial charge on any atom is 0.394 e. The highest BCUT2D eigenvalue weighted by Crippen LogP contribution is 2.40. The predicted molar refractivity (Wildman–Crippen MR) is 223 cm³/mol. The van der Waals surface area contributed by atoms with E-state index in [0.717, 1.165) is 98.1 Å². The van der Waals surface area contributed by atoms with Crippen LogP contribution < -0.4 is 0 Å². The third-order valence-corrected chi connectivity index (χ3v) is 11.8. The Balaban J connectivity index is 0.000000187. The van der Waals surface area contributed by atoms with Crippen LogP contribution >= 0.6 is 22.9 Å². The van der Waals surface area contributed by atoms with Crippen molar-refractivity contribution in [3.05, 3.63) is 111 Å². The number of methoxy groups -OCH3 is 1. The van der Waals surface area contributed by atoms with Gasteiger partial charge >= 0.3 is 16.4 Å². The molecule has 3 aromatic carbocycles. The summed E-state index contributed by atoms with van der Waals surface area (Å²) in [7, 11) is -3.24. The van der Waals surface area contributed by atoms with Crippen LogP contribution in [0.2, 0.25) is 5.02 Å². The molecule has 0 bridgehead atoms. The van der Waals surface area contributed by atoms with E-state index in [1.807, 2.05) is 47.4 Å². The lowest BCUT2D eigenvalue weighted by Crippen LogP contribution is -2.40. The molecule has 4 heterocycles. The Bertz CT molecular complexity index is 2300. The van der Waals surface area contributed by atoms with Crippen LogP contribution in [-0.4, -0.2) is 84.9 Å². The van der Waals surface area contributed by atoms with Crippen LogP contribution in [-0.2, 0) is 44.2 Å². The van der Waals surface area contributed by atoms with Crippen molar-refractivity contribution in [2.24, 2.45) is 4.99 Å². The Labute approximate surface area is 346 Å². The van der Waals surface area contributed by atoms with Gasteiger partial charge in [-0.05, 0) is 76.2 Å². The lowest BCUT2D eigenvalue weighted by atomic mass is 9.97. The number of H-pyrrole nitrogens is 1. The fourth-order valence-corrected chi connectivity index (χ4v) is 8.78. The molecule has 3 aliphatic rings. The highest BCUT2D eigenvalue weighted by molar-refractivity contribution is 7.79. The number of ether oxygens (including phenoxy) is 1. The molecule has 306 valence electrons. The number of rotatable bonds is 10. The van der Waals surface area contributed by atoms with Gasteiger partial charge in [-0.2, -0.15) is 13.6 Å². The molecule has 1 amide bonds. The van der Waals surface area contributed by atoms with E-state index in [1.165, 1.54) is 17.6 Å². The van der Waals surface area contributed by atoms with Crippen molar-refractivity contribution < 1.29 is 31.8 Å². The van der Waals surface area contributed by atoms with Crippen LogP contribution in [0.5, 0.6) is 0 Å². The second kappa shape index (κ2) is 19.3. The number of hydrogen-bond donors (Lipinski definition) is 3. The lowest BCUT2D eigenvalue weighted by Gasteiger charge is -2.33. The van der Waals surface area contributed by atoms with Gasteiger partial charge in [0.15, 0.2) is 0 Å². The van der Waals surface area contributed by atoms with Crippen LogP contribution in [0.3, 0.4) is 0 Å². The molecule has 1 fully saturated rings. The summed E-state index contributed by atoms with van der Waals surface area (Å²) in [6.45, 7) is 4.34. The molecule has 0 radical (unpaired) electrons. The highest BCUT2D eigenvalue weighted by atomic mass is 35.5. The van der Waals surface area contributed by atoms with Gasteiger partial charge in [0.1, 0.15) is 17.4 Å². The number of carbonyl (C=O) groups is 2. The number of unbranched alkanes of at least 4 members (excludes halogenated alkanes) is 1. The minimum Gasteiger partial charge on any atom is -0.468 e. The van der Waals surface area contributed by atoms with Crippen LogP contribution in [0.25, 0.3) is 22.5 Å². The van der Waals surface area contributed by atoms with Crippen molar-refractivity contribution in [2.45, 2.75) is 83.0 Å². The van der Waals surface area contributed by atoms with Gasteiger partial charge in [-0.1, -0.05) is 105 Å². The van der Waals surface area contributed by atoms with Gasteiger partial charge in [-0.15, -0.1) is 21.5 Å². The third-order valence-electron chi connectivity index (χ3n) is 10.4. The monoisotopic (exact) mass is 847 g/mol. The molecule has 3 N–H and O–H groups in total. The molecule has 1 saturated carbocycles. The molecular weight excluding hydrogens is 802 g/mol. The van der Waals surface area contributed by atoms with Crippen molar-refractivity contribution in [1.82, 2.24) is 30.4 Å². The van der Waals surface area contributed by atoms with Crippen molar-refractivity contribution in [3.8, 4) is 22.5 Å². The van der Waals surface area contributed by atoms with Crippen molar-refractivity contribution >= 4 is 51.0 Å². The number of esters is 1. The van der Waals surface area contributed by atoms with Gasteiger partial charge in [0, 0.05) is 35.0 Å². The average Bonchev–Trinajstić information content (AvgIpc) is 4.05. The number of aromatic nitrogens is 4. The number of aliphatic imine (C=N–C) groups is 1. The number of nitrogens with one attached hydrogen (secondary N) is 1. The number of halogens is 1. The van der Waals surface area contributed by atoms with E-state index >= 15 is 0 Å². The number of amidine groups is 1. The first-order chi connectivity index (χ1) is 27.9. The number of tetrazole rings is 1. The Morgan fingerprint density at radius 1 is 1.02 bits per heavy atom. The zero-order valence-electron chi connectivity index (χ0n) is 32.3. The molecule has 8 rings (SSSR count). The molecule has 0 saturated heterocycles. The largest absolute Gasteiger partial charge is 0.468 e. The van der Waals surface area contributed by atoms with Gasteiger partial charge in [0.2, 0.25) is 5.82 Å². The van der Waals surface area contributed by atoms with Crippen molar-refractivity contribution in [3.63, 3.8) is 0 Å². The quantitative estimate of drug-likeness (QED) is 0.0918. The summed E-state index contributed by atoms with van der Waals surface area (Å²) >= 11 is 8.07. The van der Waals surface area contributed by atoms with Crippen LogP contribution in [0.1, 0.15) is 79.5 Å². The molecule has 1 atom stereocenters. The predicted octanol–water partition coefficient (Wildman–Crippen LogP) is 7.80. The molecule has 1 spiro atoms. The van der Waals surface area contributed by atoms with E-state index in [9.17, 15) is 9.59 Å². The molecule has 17 heteroatoms. The highest BCUT2D eigenvalue weighted by Gasteiger charge is 2.49. The smallest absolute Gasteiger partial charge is 0.394 e. The zero-order valence-corrected chi connectivity index (χ0v) is 34.6. The first kappa shape index (κ1) is 42.8. The Kier molecular flexibility index (Phi) is 14.2. The Morgan fingerprint density at radius 3 is 2.36 bits per heavy atom. The van der Waals surface area contributed by atoms with Crippen molar-refractivity contribution in [1.29, 1.82) is 0 Å². The molecule has 1 aliphatic carbocycles. The van der Waals surface area contributed by atoms with Gasteiger partial charge in [0.05, 0.1) is 13.7 Å². The van der Waals surface area contributed by atoms with Gasteiger partial charge in [0.25, 0.3) is 5.91 Å². The number of fused-ring (bicyclic) bond motifs is 1. The van der Waals surface area contributed by atoms with Gasteiger partial charge in [-0.3, -0.25) is 28.7 Å². The first-order valence-electron chi connectivity index (χ1n) is 19.0. The molecule has 2 aliphatic heterocycles. The molecule has 2 aromatic heterocycles. The SMILES string of the molecule is CCCCC1=NC2(CCCC2)C(=O)N1Cc1ccc(-c2ccccc2-c2nn[nH]n2)cc1.COC(=O)[C@H](c1ccccc1Cl)N1CCc2sccc2C1.O=S(=O)(O)O. The fourth-order valence-electron chi connectivity index (χ4n) is 7.65. The summed E-state index contributed by atoms with van der Waals surface area (Å²) in [4.78, 5) is 36.1. The number of nitrogens with zero attached hydrogens (tertiary/aromatic N) is 6. The minimum atomic E-state index is -4.67. The van der Waals surface area contributed by atoms with Crippen LogP contribution in [0.4, 0.5) is 0 Å². The molecule has 58 heavy (non-hydrogen) atoms. The number of thiophene rings is 1. The van der Waals surface area contributed by atoms with E-state index in [-0.39, 0.29) is 11.9 Å². The summed E-state index contributed by atoms with van der Waals surface area (Å²) in [5.74, 6) is 1.49. The standard InChI is InChI=1S/C25H28N6O.C16H16ClNO2S.H2O4S/c1-2-3-10-22-26-25(15-6-7-16-25)24(32)31(22)17-18-11-13-19(14-12-18)20-8-4-5-9-21(20)23-27-29-30-28-23;1-20-16(19)15(12-4-2-3-5-13(12)17)18-8-6-14-11(10-18)7-9-21-14;1-5(2,3)4/h4-5,8-9,11-14H,2-3,6-7,10,15-17H2,1H3,(H,27,28,29,30);2-5,7,9,15H,6,8,10H2,1H3;(H2,1,2,3,4)/t;15-;/m.0./s1. The average molecular weight is 848 g/mol. The second-order valence-corrected chi connectivity index (χ2v) is 16.5. The summed E-state index contributed by atoms with van der Waals surface area (Å²) in [5, 5.41) is 17.2. The maximum absolute atomic E-state index is 13.4. The summed E-state index contributed by atoms with van der Waals surface area (Å²) in [6.07, 6.45) is 7.98. The van der Waals surface area contributed by atoms with E-state index in [0.29, 0.717) is 17.4 Å². The topological polar surface area (TPSA) is 191 Å². The summed E-state index contributed by atoms with van der Waals surface area (Å²) in [5.41, 5.74) is 5.80. The summed E-state index contributed by atoms with van der Waals surface area (Å²) < 4.78 is 36.6. The minimum absolute atomic E-state index is 0.202. The van der Waals surface area contributed by atoms with E-state index < -0.39 is 22.0 Å². The number of amides is 1. The Hall–Kier alpha value is -4.84. The molecule has 0 unspecified atom stereocenters. The number of carbonyl (C=O) groups excluding carboxylic acids is 2. The number of aromatic amines is 1. The van der Waals surface area contributed by atoms with Crippen LogP contribution in [0.15, 0.2) is 89.2 Å². The molecule has 14 nitrogen and oxygen atoms in total. The number of hydrogen-bond acceptors (Lipinski definition) is 11. The third kappa shape index (κ3) is 10.4. The van der Waals surface area contributed by atoms with E-state index in [1.54, 1.807) is 11.3 Å². The Morgan fingerprint density at radius 2 is 1.71 bits per heavy atom. The van der Waals surface area contributed by atoms with Crippen LogP contribution in [0, 0.1) is 0 Å². The van der Waals surface area contributed by atoms with Gasteiger partial charge < -0.3 is 4.74 Å².